The molecule has 3 heteroatoms. The first-order valence-corrected chi connectivity index (χ1v) is 6.89. The molecule has 1 saturated heterocycles. The van der Waals surface area contributed by atoms with Crippen LogP contribution in [0.1, 0.15) is 26.2 Å². The van der Waals surface area contributed by atoms with Crippen molar-refractivity contribution < 1.29 is 9.84 Å². The zero-order valence-electron chi connectivity index (χ0n) is 11.1. The van der Waals surface area contributed by atoms with E-state index in [1.807, 2.05) is 37.3 Å². The second kappa shape index (κ2) is 6.76. The van der Waals surface area contributed by atoms with Crippen molar-refractivity contribution in [1.29, 1.82) is 0 Å². The van der Waals surface area contributed by atoms with Crippen molar-refractivity contribution in [1.82, 2.24) is 4.90 Å². The number of ether oxygens (including phenoxy) is 1. The molecule has 1 aromatic carbocycles. The number of nitrogens with zero attached hydrogens (tertiary/aromatic N) is 1. The van der Waals surface area contributed by atoms with Crippen LogP contribution in [0.3, 0.4) is 0 Å². The van der Waals surface area contributed by atoms with Crippen LogP contribution in [0, 0.1) is 0 Å². The summed E-state index contributed by atoms with van der Waals surface area (Å²) in [5, 5.41) is 9.74. The number of aliphatic hydroxyl groups is 1. The van der Waals surface area contributed by atoms with Gasteiger partial charge in [0, 0.05) is 12.6 Å². The van der Waals surface area contributed by atoms with E-state index >= 15 is 0 Å². The van der Waals surface area contributed by atoms with Gasteiger partial charge in [-0.25, -0.2) is 0 Å². The summed E-state index contributed by atoms with van der Waals surface area (Å²) in [5.74, 6) is 0.931. The van der Waals surface area contributed by atoms with Gasteiger partial charge in [-0.15, -0.1) is 0 Å². The number of hydrogen-bond donors (Lipinski definition) is 1. The van der Waals surface area contributed by atoms with Crippen LogP contribution in [0.4, 0.5) is 0 Å². The molecule has 2 rings (SSSR count). The van der Waals surface area contributed by atoms with Gasteiger partial charge in [0.05, 0.1) is 6.10 Å². The lowest BCUT2D eigenvalue weighted by atomic mass is 10.2. The van der Waals surface area contributed by atoms with Crippen LogP contribution in [0.5, 0.6) is 5.75 Å². The number of β-amino-alcohol motifs (C(OH)–C–C–N with tert-alkyl or cyclic N) is 1. The topological polar surface area (TPSA) is 32.7 Å². The summed E-state index contributed by atoms with van der Waals surface area (Å²) in [5.41, 5.74) is 0. The van der Waals surface area contributed by atoms with Crippen molar-refractivity contribution >= 4 is 0 Å². The molecule has 1 N–H and O–H groups in total. The van der Waals surface area contributed by atoms with Gasteiger partial charge in [-0.1, -0.05) is 25.1 Å². The highest BCUT2D eigenvalue weighted by Crippen LogP contribution is 2.19. The van der Waals surface area contributed by atoms with Gasteiger partial charge in [-0.05, 0) is 37.9 Å². The zero-order valence-corrected chi connectivity index (χ0v) is 11.1. The van der Waals surface area contributed by atoms with Crippen LogP contribution < -0.4 is 4.74 Å². The molecule has 2 unspecified atom stereocenters. The van der Waals surface area contributed by atoms with E-state index < -0.39 is 0 Å². The normalized spacial score (nSPS) is 22.0. The summed E-state index contributed by atoms with van der Waals surface area (Å²) in [6.45, 7) is 4.61. The van der Waals surface area contributed by atoms with Gasteiger partial charge in [0.2, 0.25) is 0 Å². The third-order valence-corrected chi connectivity index (χ3v) is 3.60. The van der Waals surface area contributed by atoms with E-state index in [0.717, 1.165) is 31.9 Å². The van der Waals surface area contributed by atoms with E-state index in [0.29, 0.717) is 6.04 Å². The molecule has 1 aliphatic rings. The minimum Gasteiger partial charge on any atom is -0.492 e. The van der Waals surface area contributed by atoms with E-state index in [2.05, 4.69) is 4.90 Å². The quantitative estimate of drug-likeness (QED) is 0.839. The minimum absolute atomic E-state index is 0.206. The Morgan fingerprint density at radius 2 is 2.17 bits per heavy atom. The summed E-state index contributed by atoms with van der Waals surface area (Å²) in [6.07, 6.45) is 2.99. The third kappa shape index (κ3) is 3.72. The first kappa shape index (κ1) is 13.4. The van der Waals surface area contributed by atoms with E-state index in [1.54, 1.807) is 0 Å². The SMILES string of the molecule is CCC(O)CN1CCCC1COc1ccccc1. The Bertz CT molecular complexity index is 342. The molecule has 0 amide bonds. The lowest BCUT2D eigenvalue weighted by molar-refractivity contribution is 0.0872. The van der Waals surface area contributed by atoms with Crippen molar-refractivity contribution in [2.24, 2.45) is 0 Å². The molecule has 0 saturated carbocycles. The van der Waals surface area contributed by atoms with Gasteiger partial charge in [0.1, 0.15) is 12.4 Å². The Balaban J connectivity index is 1.81. The van der Waals surface area contributed by atoms with E-state index in [-0.39, 0.29) is 6.10 Å². The molecule has 1 fully saturated rings. The smallest absolute Gasteiger partial charge is 0.119 e. The molecule has 100 valence electrons. The third-order valence-electron chi connectivity index (χ3n) is 3.60. The summed E-state index contributed by atoms with van der Waals surface area (Å²) in [4.78, 5) is 2.36. The Labute approximate surface area is 109 Å². The lowest BCUT2D eigenvalue weighted by Gasteiger charge is -2.26. The molecule has 1 aliphatic heterocycles. The standard InChI is InChI=1S/C15H23NO2/c1-2-14(17)11-16-10-6-7-13(16)12-18-15-8-4-3-5-9-15/h3-5,8-9,13-14,17H,2,6-7,10-12H2,1H3. The molecular formula is C15H23NO2. The fourth-order valence-corrected chi connectivity index (χ4v) is 2.43. The van der Waals surface area contributed by atoms with Gasteiger partial charge in [0.15, 0.2) is 0 Å². The van der Waals surface area contributed by atoms with Crippen LogP contribution in [0.2, 0.25) is 0 Å². The largest absolute Gasteiger partial charge is 0.492 e. The van der Waals surface area contributed by atoms with Crippen LogP contribution in [0.15, 0.2) is 30.3 Å². The number of hydrogen-bond acceptors (Lipinski definition) is 3. The molecule has 1 aromatic rings. The molecular weight excluding hydrogens is 226 g/mol. The van der Waals surface area contributed by atoms with Crippen molar-refractivity contribution in [3.05, 3.63) is 30.3 Å². The summed E-state index contributed by atoms with van der Waals surface area (Å²) in [6, 6.07) is 10.4. The van der Waals surface area contributed by atoms with E-state index in [9.17, 15) is 5.11 Å². The highest BCUT2D eigenvalue weighted by atomic mass is 16.5. The fraction of sp³-hybridized carbons (Fsp3) is 0.600. The van der Waals surface area contributed by atoms with Crippen LogP contribution in [-0.4, -0.2) is 41.8 Å². The van der Waals surface area contributed by atoms with Crippen molar-refractivity contribution in [3.8, 4) is 5.75 Å². The maximum Gasteiger partial charge on any atom is 0.119 e. The molecule has 0 radical (unpaired) electrons. The number of aliphatic hydroxyl groups excluding tert-OH is 1. The van der Waals surface area contributed by atoms with Crippen LogP contribution in [-0.2, 0) is 0 Å². The van der Waals surface area contributed by atoms with Gasteiger partial charge in [0.25, 0.3) is 0 Å². The number of likely N-dealkylation sites (tertiary alicyclic amines) is 1. The Morgan fingerprint density at radius 3 is 2.89 bits per heavy atom. The first-order chi connectivity index (χ1) is 8.79. The number of benzene rings is 1. The summed E-state index contributed by atoms with van der Waals surface area (Å²) >= 11 is 0. The highest BCUT2D eigenvalue weighted by molar-refractivity contribution is 5.20. The molecule has 18 heavy (non-hydrogen) atoms. The molecule has 1 heterocycles. The van der Waals surface area contributed by atoms with Crippen LogP contribution >= 0.6 is 0 Å². The van der Waals surface area contributed by atoms with Gasteiger partial charge >= 0.3 is 0 Å². The van der Waals surface area contributed by atoms with E-state index in [1.165, 1.54) is 12.8 Å². The predicted octanol–water partition coefficient (Wildman–Crippen LogP) is 2.30. The number of rotatable bonds is 6. The molecule has 3 nitrogen and oxygen atoms in total. The zero-order chi connectivity index (χ0) is 12.8. The molecule has 2 atom stereocenters. The van der Waals surface area contributed by atoms with E-state index in [4.69, 9.17) is 4.74 Å². The molecule has 0 aromatic heterocycles. The van der Waals surface area contributed by atoms with Gasteiger partial charge < -0.3 is 9.84 Å². The predicted molar refractivity (Wildman–Crippen MR) is 72.8 cm³/mol. The monoisotopic (exact) mass is 249 g/mol. The maximum absolute atomic E-state index is 9.74. The van der Waals surface area contributed by atoms with Crippen molar-refractivity contribution in [3.63, 3.8) is 0 Å². The Hall–Kier alpha value is -1.06. The number of para-hydroxylation sites is 1. The van der Waals surface area contributed by atoms with Gasteiger partial charge in [-0.3, -0.25) is 4.90 Å². The Morgan fingerprint density at radius 1 is 1.39 bits per heavy atom. The molecule has 0 bridgehead atoms. The second-order valence-electron chi connectivity index (χ2n) is 4.98. The molecule has 0 aliphatic carbocycles. The first-order valence-electron chi connectivity index (χ1n) is 6.89. The maximum atomic E-state index is 9.74. The van der Waals surface area contributed by atoms with Crippen molar-refractivity contribution in [2.45, 2.75) is 38.3 Å². The van der Waals surface area contributed by atoms with Crippen molar-refractivity contribution in [2.75, 3.05) is 19.7 Å². The average molecular weight is 249 g/mol. The second-order valence-corrected chi connectivity index (χ2v) is 4.98. The lowest BCUT2D eigenvalue weighted by Crippen LogP contribution is -2.39. The average Bonchev–Trinajstić information content (AvgIpc) is 2.84. The summed E-state index contributed by atoms with van der Waals surface area (Å²) in [7, 11) is 0. The minimum atomic E-state index is -0.206. The fourth-order valence-electron chi connectivity index (χ4n) is 2.43. The Kier molecular flexibility index (Phi) is 5.02. The van der Waals surface area contributed by atoms with Gasteiger partial charge in [-0.2, -0.15) is 0 Å². The highest BCUT2D eigenvalue weighted by Gasteiger charge is 2.26. The summed E-state index contributed by atoms with van der Waals surface area (Å²) < 4.78 is 5.81. The van der Waals surface area contributed by atoms with Crippen LogP contribution in [0.25, 0.3) is 0 Å². The molecule has 0 spiro atoms.